The van der Waals surface area contributed by atoms with E-state index < -0.39 is 7.14 Å². The third kappa shape index (κ3) is 3.34. The van der Waals surface area contributed by atoms with E-state index in [-0.39, 0.29) is 0 Å². The van der Waals surface area contributed by atoms with E-state index in [1.54, 1.807) is 0 Å². The normalized spacial score (nSPS) is 15.8. The maximum Gasteiger partial charge on any atom is 0.210 e. The summed E-state index contributed by atoms with van der Waals surface area (Å²) in [7, 11) is -2.85. The lowest BCUT2D eigenvalue weighted by molar-refractivity contribution is 0.430. The lowest BCUT2D eigenvalue weighted by Crippen LogP contribution is -2.14. The van der Waals surface area contributed by atoms with Gasteiger partial charge in [-0.15, -0.1) is 0 Å². The molecule has 0 atom stereocenters. The minimum absolute atomic E-state index is 0.412. The van der Waals surface area contributed by atoms with Crippen molar-refractivity contribution in [3.8, 4) is 11.6 Å². The van der Waals surface area contributed by atoms with Crippen LogP contribution in [0.4, 0.5) is 0 Å². The molecule has 0 amide bonds. The first kappa shape index (κ1) is 15.1. The lowest BCUT2D eigenvalue weighted by atomic mass is 9.90. The smallest absolute Gasteiger partial charge is 0.210 e. The Kier molecular flexibility index (Phi) is 4.81. The molecular formula is C20H21OP. The second-order valence-electron chi connectivity index (χ2n) is 5.87. The van der Waals surface area contributed by atoms with Gasteiger partial charge in [0.1, 0.15) is 0 Å². The van der Waals surface area contributed by atoms with Gasteiger partial charge in [0, 0.05) is 16.5 Å². The molecule has 1 aliphatic carbocycles. The fourth-order valence-corrected chi connectivity index (χ4v) is 5.09. The molecule has 1 saturated carbocycles. The van der Waals surface area contributed by atoms with Crippen LogP contribution in [-0.4, -0.2) is 0 Å². The maximum absolute atomic E-state index is 13.7. The highest BCUT2D eigenvalue weighted by molar-refractivity contribution is 7.83. The van der Waals surface area contributed by atoms with Gasteiger partial charge in [0.2, 0.25) is 7.14 Å². The zero-order chi connectivity index (χ0) is 15.3. The van der Waals surface area contributed by atoms with E-state index in [0.29, 0.717) is 5.92 Å². The van der Waals surface area contributed by atoms with Crippen molar-refractivity contribution in [1.82, 2.24) is 0 Å². The maximum atomic E-state index is 13.7. The summed E-state index contributed by atoms with van der Waals surface area (Å²) >= 11 is 0. The van der Waals surface area contributed by atoms with Gasteiger partial charge in [-0.2, -0.15) is 0 Å². The molecule has 0 unspecified atom stereocenters. The molecular weight excluding hydrogens is 287 g/mol. The SMILES string of the molecule is O=P(C#CC1CCCCC1)(c1ccccc1)c1ccccc1. The second-order valence-corrected chi connectivity index (χ2v) is 8.35. The van der Waals surface area contributed by atoms with E-state index in [2.05, 4.69) is 11.6 Å². The van der Waals surface area contributed by atoms with Crippen molar-refractivity contribution in [2.75, 3.05) is 0 Å². The average Bonchev–Trinajstić information content (AvgIpc) is 2.62. The summed E-state index contributed by atoms with van der Waals surface area (Å²) in [5.41, 5.74) is 3.20. The molecule has 0 aromatic heterocycles. The van der Waals surface area contributed by atoms with Crippen molar-refractivity contribution in [2.24, 2.45) is 5.92 Å². The van der Waals surface area contributed by atoms with Gasteiger partial charge in [0.15, 0.2) is 0 Å². The van der Waals surface area contributed by atoms with Gasteiger partial charge >= 0.3 is 0 Å². The molecule has 2 aromatic rings. The summed E-state index contributed by atoms with van der Waals surface area (Å²) in [5, 5.41) is 1.68. The Bertz CT molecular complexity index is 660. The van der Waals surface area contributed by atoms with Gasteiger partial charge in [-0.25, -0.2) is 0 Å². The summed E-state index contributed by atoms with van der Waals surface area (Å²) in [5.74, 6) is 3.76. The number of benzene rings is 2. The monoisotopic (exact) mass is 308 g/mol. The van der Waals surface area contributed by atoms with Crippen LogP contribution in [0.1, 0.15) is 32.1 Å². The van der Waals surface area contributed by atoms with E-state index in [1.807, 2.05) is 60.7 Å². The van der Waals surface area contributed by atoms with E-state index in [1.165, 1.54) is 19.3 Å². The summed E-state index contributed by atoms with van der Waals surface area (Å²) < 4.78 is 13.7. The van der Waals surface area contributed by atoms with E-state index in [9.17, 15) is 4.57 Å². The highest BCUT2D eigenvalue weighted by atomic mass is 31.2. The Balaban J connectivity index is 2.01. The van der Waals surface area contributed by atoms with Crippen LogP contribution in [0.25, 0.3) is 0 Å². The standard InChI is InChI=1S/C20H21OP/c21-22(19-12-6-2-7-13-19,20-14-8-3-9-15-20)17-16-18-10-4-1-5-11-18/h2-3,6-9,12-15,18H,1,4-5,10-11H2. The Morgan fingerprint density at radius 1 is 0.773 bits per heavy atom. The molecule has 22 heavy (non-hydrogen) atoms. The Hall–Kier alpha value is -1.77. The highest BCUT2D eigenvalue weighted by Crippen LogP contribution is 2.42. The van der Waals surface area contributed by atoms with E-state index >= 15 is 0 Å². The summed E-state index contributed by atoms with van der Waals surface area (Å²) in [4.78, 5) is 0. The molecule has 0 N–H and O–H groups in total. The minimum Gasteiger partial charge on any atom is -0.300 e. The predicted molar refractivity (Wildman–Crippen MR) is 94.1 cm³/mol. The molecule has 0 heterocycles. The fraction of sp³-hybridized carbons (Fsp3) is 0.300. The molecule has 112 valence electrons. The molecule has 2 aromatic carbocycles. The zero-order valence-electron chi connectivity index (χ0n) is 12.7. The van der Waals surface area contributed by atoms with Crippen LogP contribution >= 0.6 is 7.14 Å². The van der Waals surface area contributed by atoms with Crippen molar-refractivity contribution in [3.63, 3.8) is 0 Å². The first-order valence-corrected chi connectivity index (χ1v) is 9.74. The minimum atomic E-state index is -2.85. The predicted octanol–water partition coefficient (Wildman–Crippen LogP) is 4.54. The van der Waals surface area contributed by atoms with E-state index in [0.717, 1.165) is 23.5 Å². The Morgan fingerprint density at radius 3 is 1.77 bits per heavy atom. The molecule has 2 heteroatoms. The second kappa shape index (κ2) is 6.99. The molecule has 0 bridgehead atoms. The van der Waals surface area contributed by atoms with Gasteiger partial charge in [-0.1, -0.05) is 85.8 Å². The first-order chi connectivity index (χ1) is 10.8. The van der Waals surface area contributed by atoms with Crippen LogP contribution < -0.4 is 10.6 Å². The quantitative estimate of drug-likeness (QED) is 0.588. The topological polar surface area (TPSA) is 17.1 Å². The van der Waals surface area contributed by atoms with Crippen LogP contribution in [0.5, 0.6) is 0 Å². The van der Waals surface area contributed by atoms with Crippen LogP contribution in [0.2, 0.25) is 0 Å². The van der Waals surface area contributed by atoms with Gasteiger partial charge < -0.3 is 0 Å². The van der Waals surface area contributed by atoms with Gasteiger partial charge in [0.05, 0.1) is 0 Å². The van der Waals surface area contributed by atoms with Crippen molar-refractivity contribution in [1.29, 1.82) is 0 Å². The number of hydrogen-bond donors (Lipinski definition) is 0. The molecule has 0 radical (unpaired) electrons. The molecule has 1 aliphatic rings. The average molecular weight is 308 g/mol. The Morgan fingerprint density at radius 2 is 1.27 bits per heavy atom. The van der Waals surface area contributed by atoms with Crippen LogP contribution in [0, 0.1) is 17.5 Å². The lowest BCUT2D eigenvalue weighted by Gasteiger charge is -2.17. The first-order valence-electron chi connectivity index (χ1n) is 8.03. The molecule has 0 spiro atoms. The summed E-state index contributed by atoms with van der Waals surface area (Å²) in [6, 6.07) is 19.4. The molecule has 1 nitrogen and oxygen atoms in total. The van der Waals surface area contributed by atoms with Crippen LogP contribution in [0.3, 0.4) is 0 Å². The largest absolute Gasteiger partial charge is 0.300 e. The fourth-order valence-electron chi connectivity index (χ4n) is 2.98. The molecule has 1 fully saturated rings. The van der Waals surface area contributed by atoms with E-state index in [4.69, 9.17) is 0 Å². The molecule has 0 saturated heterocycles. The van der Waals surface area contributed by atoms with Gasteiger partial charge in [-0.3, -0.25) is 4.57 Å². The third-order valence-electron chi connectivity index (χ3n) is 4.27. The summed E-state index contributed by atoms with van der Waals surface area (Å²) in [6.07, 6.45) is 6.11. The third-order valence-corrected chi connectivity index (χ3v) is 6.77. The van der Waals surface area contributed by atoms with Crippen LogP contribution in [-0.2, 0) is 4.57 Å². The zero-order valence-corrected chi connectivity index (χ0v) is 13.6. The molecule has 3 rings (SSSR count). The van der Waals surface area contributed by atoms with Crippen molar-refractivity contribution >= 4 is 17.8 Å². The summed E-state index contributed by atoms with van der Waals surface area (Å²) in [6.45, 7) is 0. The van der Waals surface area contributed by atoms with Crippen LogP contribution in [0.15, 0.2) is 60.7 Å². The number of rotatable bonds is 2. The van der Waals surface area contributed by atoms with Crippen molar-refractivity contribution in [3.05, 3.63) is 60.7 Å². The van der Waals surface area contributed by atoms with Gasteiger partial charge in [0.25, 0.3) is 0 Å². The van der Waals surface area contributed by atoms with Crippen molar-refractivity contribution in [2.45, 2.75) is 32.1 Å². The Labute approximate surface area is 133 Å². The molecule has 0 aliphatic heterocycles. The number of hydrogen-bond acceptors (Lipinski definition) is 1. The van der Waals surface area contributed by atoms with Crippen molar-refractivity contribution < 1.29 is 4.57 Å². The van der Waals surface area contributed by atoms with Gasteiger partial charge in [-0.05, 0) is 18.5 Å². The highest BCUT2D eigenvalue weighted by Gasteiger charge is 2.25.